The van der Waals surface area contributed by atoms with Gasteiger partial charge in [0.15, 0.2) is 0 Å². The molecule has 1 fully saturated rings. The van der Waals surface area contributed by atoms with E-state index in [0.29, 0.717) is 6.67 Å². The van der Waals surface area contributed by atoms with Gasteiger partial charge in [-0.05, 0) is 0 Å². The quantitative estimate of drug-likeness (QED) is 0.265. The van der Waals surface area contributed by atoms with Gasteiger partial charge >= 0.3 is 0 Å². The third kappa shape index (κ3) is 1.09. The number of nitrogens with one attached hydrogen (secondary N) is 1. The minimum absolute atomic E-state index is 0.0664. The fourth-order valence-electron chi connectivity index (χ4n) is 0.470. The smallest absolute Gasteiger partial charge is 0.131 e. The van der Waals surface area contributed by atoms with Gasteiger partial charge in [0.05, 0.1) is 6.67 Å². The van der Waals surface area contributed by atoms with Crippen molar-refractivity contribution in [1.29, 1.82) is 0 Å². The molecular weight excluding hydrogens is 144 g/mol. The summed E-state index contributed by atoms with van der Waals surface area (Å²) < 4.78 is 1.50. The van der Waals surface area contributed by atoms with Gasteiger partial charge in [-0.2, -0.15) is 5.12 Å². The Hall–Kier alpha value is 0.540. The third-order valence-corrected chi connectivity index (χ3v) is 1.96. The van der Waals surface area contributed by atoms with Crippen LogP contribution in [0.5, 0.6) is 0 Å². The highest BCUT2D eigenvalue weighted by molar-refractivity contribution is 7.83. The van der Waals surface area contributed by atoms with Gasteiger partial charge in [0.1, 0.15) is 5.50 Å². The summed E-state index contributed by atoms with van der Waals surface area (Å²) >= 11 is 8.04. The molecule has 0 aromatic rings. The van der Waals surface area contributed by atoms with Crippen LogP contribution in [-0.4, -0.2) is 21.7 Å². The maximum atomic E-state index is 5.34. The first-order valence-electron chi connectivity index (χ1n) is 2.13. The van der Waals surface area contributed by atoms with E-state index in [2.05, 4.69) is 30.8 Å². The van der Waals surface area contributed by atoms with Crippen molar-refractivity contribution in [2.45, 2.75) is 5.50 Å². The second kappa shape index (κ2) is 2.42. The van der Waals surface area contributed by atoms with Crippen LogP contribution < -0.4 is 11.2 Å². The molecule has 4 nitrogen and oxygen atoms in total. The number of hydrogen-bond acceptors (Lipinski definition) is 6. The summed E-state index contributed by atoms with van der Waals surface area (Å²) in [7, 11) is 0. The average Bonchev–Trinajstić information content (AvgIpc) is 1.98. The van der Waals surface area contributed by atoms with Crippen molar-refractivity contribution in [3.63, 3.8) is 0 Å². The Morgan fingerprint density at radius 1 is 1.75 bits per heavy atom. The van der Waals surface area contributed by atoms with Crippen molar-refractivity contribution in [3.8, 4) is 0 Å². The number of nitrogens with two attached hydrogens (primary N) is 1. The summed E-state index contributed by atoms with van der Waals surface area (Å²) in [4.78, 5) is 0. The molecule has 0 spiro atoms. The second-order valence-electron chi connectivity index (χ2n) is 1.50. The lowest BCUT2D eigenvalue weighted by molar-refractivity contribution is 0.132. The molecular formula is C2H8N4S2. The van der Waals surface area contributed by atoms with E-state index < -0.39 is 0 Å². The average molecular weight is 152 g/mol. The normalized spacial score (nSPS) is 34.1. The summed E-state index contributed by atoms with van der Waals surface area (Å²) in [6, 6.07) is 0. The van der Waals surface area contributed by atoms with Crippen LogP contribution in [0.3, 0.4) is 0 Å². The first kappa shape index (κ1) is 6.66. The molecule has 1 rings (SSSR count). The van der Waals surface area contributed by atoms with E-state index in [1.807, 2.05) is 0 Å². The summed E-state index contributed by atoms with van der Waals surface area (Å²) in [6.45, 7) is 0.595. The maximum Gasteiger partial charge on any atom is 0.131 e. The zero-order valence-electron chi connectivity index (χ0n) is 4.15. The molecule has 0 radical (unpaired) electrons. The molecule has 0 aromatic carbocycles. The molecule has 1 aliphatic rings. The van der Waals surface area contributed by atoms with Crippen molar-refractivity contribution < 1.29 is 0 Å². The lowest BCUT2D eigenvalue weighted by Crippen LogP contribution is -2.37. The van der Waals surface area contributed by atoms with E-state index in [-0.39, 0.29) is 5.50 Å². The number of hydrogen-bond donors (Lipinski definition) is 4. The molecule has 1 unspecified atom stereocenters. The van der Waals surface area contributed by atoms with Gasteiger partial charge < -0.3 is 0 Å². The minimum Gasteiger partial charge on any atom is -0.276 e. The number of hydrazine groups is 2. The molecule has 0 aliphatic carbocycles. The van der Waals surface area contributed by atoms with Crippen molar-refractivity contribution in [3.05, 3.63) is 0 Å². The SMILES string of the molecule is NN1CNC(S)N1S. The van der Waals surface area contributed by atoms with Crippen LogP contribution >= 0.6 is 25.4 Å². The Morgan fingerprint density at radius 2 is 2.38 bits per heavy atom. The highest BCUT2D eigenvalue weighted by Gasteiger charge is 2.22. The summed E-state index contributed by atoms with van der Waals surface area (Å²) in [5.41, 5.74) is -0.0664. The van der Waals surface area contributed by atoms with Crippen molar-refractivity contribution in [2.24, 2.45) is 5.84 Å². The molecule has 0 amide bonds. The van der Waals surface area contributed by atoms with Gasteiger partial charge in [0.2, 0.25) is 0 Å². The molecule has 1 saturated heterocycles. The van der Waals surface area contributed by atoms with E-state index in [4.69, 9.17) is 5.84 Å². The van der Waals surface area contributed by atoms with E-state index in [1.54, 1.807) is 0 Å². The Labute approximate surface area is 58.9 Å². The van der Waals surface area contributed by atoms with E-state index in [1.165, 1.54) is 9.53 Å². The van der Waals surface area contributed by atoms with E-state index >= 15 is 0 Å². The highest BCUT2D eigenvalue weighted by atomic mass is 32.1. The molecule has 0 bridgehead atoms. The van der Waals surface area contributed by atoms with E-state index in [9.17, 15) is 0 Å². The molecule has 1 aliphatic heterocycles. The Bertz CT molecular complexity index is 78.1. The van der Waals surface area contributed by atoms with Crippen LogP contribution in [0.4, 0.5) is 0 Å². The lowest BCUT2D eigenvalue weighted by Gasteiger charge is -2.16. The van der Waals surface area contributed by atoms with Crippen molar-refractivity contribution in [2.75, 3.05) is 6.67 Å². The molecule has 48 valence electrons. The summed E-state index contributed by atoms with van der Waals surface area (Å²) in [5.74, 6) is 5.34. The first-order valence-corrected chi connectivity index (χ1v) is 3.05. The second-order valence-corrected chi connectivity index (χ2v) is 2.39. The lowest BCUT2D eigenvalue weighted by atomic mass is 11.0. The van der Waals surface area contributed by atoms with Crippen LogP contribution in [-0.2, 0) is 0 Å². The number of thiol groups is 2. The molecule has 3 N–H and O–H groups in total. The highest BCUT2D eigenvalue weighted by Crippen LogP contribution is 2.09. The zero-order chi connectivity index (χ0) is 6.15. The molecule has 1 heterocycles. The van der Waals surface area contributed by atoms with Gasteiger partial charge in [-0.15, -0.1) is 17.0 Å². The summed E-state index contributed by atoms with van der Waals surface area (Å²) in [5, 5.41) is 4.36. The predicted molar refractivity (Wildman–Crippen MR) is 37.6 cm³/mol. The molecule has 0 aromatic heterocycles. The van der Waals surface area contributed by atoms with Gasteiger partial charge in [-0.1, -0.05) is 12.8 Å². The predicted octanol–water partition coefficient (Wildman–Crippen LogP) is -1.00. The molecule has 8 heavy (non-hydrogen) atoms. The zero-order valence-corrected chi connectivity index (χ0v) is 5.94. The Morgan fingerprint density at radius 3 is 2.50 bits per heavy atom. The topological polar surface area (TPSA) is 44.5 Å². The standard InChI is InChI=1S/C2H8N4S2/c3-5-1-4-2(7)6(5)8/h2,4,7-8H,1,3H2. The van der Waals surface area contributed by atoms with Gasteiger partial charge in [-0.25, -0.2) is 0 Å². The fraction of sp³-hybridized carbons (Fsp3) is 1.00. The van der Waals surface area contributed by atoms with Gasteiger partial charge in [0.25, 0.3) is 0 Å². The maximum absolute atomic E-state index is 5.34. The molecule has 6 heteroatoms. The number of rotatable bonds is 0. The van der Waals surface area contributed by atoms with E-state index in [0.717, 1.165) is 0 Å². The largest absolute Gasteiger partial charge is 0.276 e. The molecule has 0 saturated carbocycles. The summed E-state index contributed by atoms with van der Waals surface area (Å²) in [6.07, 6.45) is 0. The minimum atomic E-state index is -0.0664. The van der Waals surface area contributed by atoms with Gasteiger partial charge in [0, 0.05) is 0 Å². The van der Waals surface area contributed by atoms with Crippen LogP contribution in [0.2, 0.25) is 0 Å². The van der Waals surface area contributed by atoms with Crippen LogP contribution in [0.1, 0.15) is 0 Å². The monoisotopic (exact) mass is 152 g/mol. The van der Waals surface area contributed by atoms with Crippen molar-refractivity contribution >= 4 is 25.4 Å². The fourth-order valence-corrected chi connectivity index (χ4v) is 0.829. The molecule has 1 atom stereocenters. The Kier molecular flexibility index (Phi) is 2.02. The van der Waals surface area contributed by atoms with Crippen LogP contribution in [0, 0.1) is 0 Å². The first-order chi connectivity index (χ1) is 3.72. The third-order valence-electron chi connectivity index (χ3n) is 0.918. The van der Waals surface area contributed by atoms with Crippen LogP contribution in [0.25, 0.3) is 0 Å². The van der Waals surface area contributed by atoms with Crippen LogP contribution in [0.15, 0.2) is 0 Å². The number of nitrogens with zero attached hydrogens (tertiary/aromatic N) is 2. The van der Waals surface area contributed by atoms with Crippen molar-refractivity contribution in [1.82, 2.24) is 14.8 Å². The Balaban J connectivity index is 2.44. The van der Waals surface area contributed by atoms with Gasteiger partial charge in [-0.3, -0.25) is 11.2 Å².